The van der Waals surface area contributed by atoms with E-state index in [1.165, 1.54) is 0 Å². The van der Waals surface area contributed by atoms with Gasteiger partial charge < -0.3 is 29.0 Å². The molecule has 10 heteroatoms. The molecule has 2 aliphatic rings. The molecule has 8 nitrogen and oxygen atoms in total. The maximum Gasteiger partial charge on any atom is 0.258 e. The summed E-state index contributed by atoms with van der Waals surface area (Å²) in [6.45, 7) is 3.29. The zero-order valence-corrected chi connectivity index (χ0v) is 19.6. The first-order chi connectivity index (χ1) is 16.0. The fourth-order valence-electron chi connectivity index (χ4n) is 3.93. The molecule has 0 amide bonds. The Hall–Kier alpha value is -3.14. The molecule has 1 N–H and O–H groups in total. The summed E-state index contributed by atoms with van der Waals surface area (Å²) in [4.78, 5) is 6.68. The molecular formula is C23H21ClN4O4S. The molecule has 0 fully saturated rings. The molecule has 2 aromatic carbocycles. The molecule has 1 atom stereocenters. The Morgan fingerprint density at radius 1 is 1.21 bits per heavy atom. The van der Waals surface area contributed by atoms with E-state index in [4.69, 9.17) is 47.5 Å². The van der Waals surface area contributed by atoms with Crippen molar-refractivity contribution in [3.63, 3.8) is 0 Å². The van der Waals surface area contributed by atoms with Crippen molar-refractivity contribution >= 4 is 34.5 Å². The van der Waals surface area contributed by atoms with E-state index < -0.39 is 0 Å². The molecule has 3 heterocycles. The number of allylic oxidation sites excluding steroid dienone is 1. The predicted octanol–water partition coefficient (Wildman–Crippen LogP) is 4.43. The SMILES string of the molecule is COCCN1C(=S)NC(c2cccc(Cl)c2)C(c2nc(-c3ccc4c(c3)OCO4)no2)=C1C. The van der Waals surface area contributed by atoms with Crippen molar-refractivity contribution < 1.29 is 18.7 Å². The lowest BCUT2D eigenvalue weighted by Crippen LogP contribution is -2.47. The molecule has 0 bridgehead atoms. The second kappa shape index (κ2) is 9.01. The summed E-state index contributed by atoms with van der Waals surface area (Å²) in [5.74, 6) is 2.19. The molecule has 3 aromatic rings. The molecule has 5 rings (SSSR count). The lowest BCUT2D eigenvalue weighted by molar-refractivity contribution is 0.174. The first-order valence-electron chi connectivity index (χ1n) is 10.3. The number of halogens is 1. The Labute approximate surface area is 201 Å². The van der Waals surface area contributed by atoms with Crippen LogP contribution in [0.2, 0.25) is 5.02 Å². The average Bonchev–Trinajstić information content (AvgIpc) is 3.48. The van der Waals surface area contributed by atoms with Gasteiger partial charge in [0.15, 0.2) is 16.6 Å². The second-order valence-corrected chi connectivity index (χ2v) is 8.40. The maximum atomic E-state index is 6.28. The van der Waals surface area contributed by atoms with Crippen LogP contribution in [0.5, 0.6) is 11.5 Å². The first kappa shape index (κ1) is 21.7. The average molecular weight is 485 g/mol. The van der Waals surface area contributed by atoms with E-state index in [9.17, 15) is 0 Å². The summed E-state index contributed by atoms with van der Waals surface area (Å²) in [6, 6.07) is 12.9. The number of methoxy groups -OCH3 is 1. The zero-order valence-electron chi connectivity index (χ0n) is 18.0. The molecule has 0 saturated carbocycles. The van der Waals surface area contributed by atoms with Crippen LogP contribution in [-0.4, -0.2) is 47.2 Å². The Morgan fingerprint density at radius 2 is 2.06 bits per heavy atom. The highest BCUT2D eigenvalue weighted by Crippen LogP contribution is 2.39. The number of ether oxygens (including phenoxy) is 3. The summed E-state index contributed by atoms with van der Waals surface area (Å²) >= 11 is 11.9. The van der Waals surface area contributed by atoms with Crippen LogP contribution in [0.15, 0.2) is 52.7 Å². The van der Waals surface area contributed by atoms with Gasteiger partial charge in [-0.25, -0.2) is 0 Å². The topological polar surface area (TPSA) is 81.9 Å². The largest absolute Gasteiger partial charge is 0.454 e. The van der Waals surface area contributed by atoms with Gasteiger partial charge in [0.25, 0.3) is 5.89 Å². The maximum absolute atomic E-state index is 6.28. The van der Waals surface area contributed by atoms with E-state index in [-0.39, 0.29) is 12.8 Å². The van der Waals surface area contributed by atoms with Gasteiger partial charge in [-0.3, -0.25) is 0 Å². The van der Waals surface area contributed by atoms with Gasteiger partial charge in [0.05, 0.1) is 18.2 Å². The summed E-state index contributed by atoms with van der Waals surface area (Å²) < 4.78 is 21.9. The lowest BCUT2D eigenvalue weighted by Gasteiger charge is -2.37. The third kappa shape index (κ3) is 4.15. The summed E-state index contributed by atoms with van der Waals surface area (Å²) in [5.41, 5.74) is 3.43. The van der Waals surface area contributed by atoms with Crippen LogP contribution in [-0.2, 0) is 4.74 Å². The Morgan fingerprint density at radius 3 is 2.88 bits per heavy atom. The number of nitrogens with one attached hydrogen (secondary N) is 1. The van der Waals surface area contributed by atoms with Crippen molar-refractivity contribution in [3.8, 4) is 22.9 Å². The number of thiocarbonyl (C=S) groups is 1. The molecule has 33 heavy (non-hydrogen) atoms. The van der Waals surface area contributed by atoms with Crippen LogP contribution in [0.25, 0.3) is 17.0 Å². The van der Waals surface area contributed by atoms with Gasteiger partial charge >= 0.3 is 0 Å². The van der Waals surface area contributed by atoms with Crippen LogP contribution >= 0.6 is 23.8 Å². The van der Waals surface area contributed by atoms with Gasteiger partial charge in [-0.15, -0.1) is 0 Å². The van der Waals surface area contributed by atoms with Gasteiger partial charge in [0, 0.05) is 29.9 Å². The Bertz CT molecular complexity index is 1240. The predicted molar refractivity (Wildman–Crippen MR) is 127 cm³/mol. The van der Waals surface area contributed by atoms with Crippen LogP contribution in [0.4, 0.5) is 0 Å². The second-order valence-electron chi connectivity index (χ2n) is 7.57. The molecule has 1 aromatic heterocycles. The van der Waals surface area contributed by atoms with Crippen LogP contribution < -0.4 is 14.8 Å². The minimum Gasteiger partial charge on any atom is -0.454 e. The minimum atomic E-state index is -0.306. The Balaban J connectivity index is 1.57. The Kier molecular flexibility index (Phi) is 5.92. The van der Waals surface area contributed by atoms with Crippen molar-refractivity contribution in [3.05, 3.63) is 64.6 Å². The number of hydrogen-bond donors (Lipinski definition) is 1. The van der Waals surface area contributed by atoms with Gasteiger partial charge in [-0.2, -0.15) is 4.98 Å². The number of nitrogens with zero attached hydrogens (tertiary/aromatic N) is 3. The van der Waals surface area contributed by atoms with Gasteiger partial charge in [0.2, 0.25) is 12.6 Å². The number of hydrogen-bond acceptors (Lipinski definition) is 7. The van der Waals surface area contributed by atoms with Crippen molar-refractivity contribution in [2.75, 3.05) is 27.1 Å². The highest BCUT2D eigenvalue weighted by Gasteiger charge is 2.34. The van der Waals surface area contributed by atoms with Gasteiger partial charge in [-0.1, -0.05) is 28.9 Å². The number of benzene rings is 2. The fraction of sp³-hybridized carbons (Fsp3) is 0.261. The summed E-state index contributed by atoms with van der Waals surface area (Å²) in [7, 11) is 1.66. The van der Waals surface area contributed by atoms with Crippen molar-refractivity contribution in [1.29, 1.82) is 0 Å². The first-order valence-corrected chi connectivity index (χ1v) is 11.1. The fourth-order valence-corrected chi connectivity index (χ4v) is 4.48. The molecule has 170 valence electrons. The van der Waals surface area contributed by atoms with E-state index in [2.05, 4.69) is 10.5 Å². The van der Waals surface area contributed by atoms with E-state index in [1.807, 2.05) is 54.3 Å². The molecule has 0 saturated heterocycles. The minimum absolute atomic E-state index is 0.201. The summed E-state index contributed by atoms with van der Waals surface area (Å²) in [5, 5.41) is 8.85. The lowest BCUT2D eigenvalue weighted by atomic mass is 9.95. The van der Waals surface area contributed by atoms with E-state index in [0.717, 1.165) is 22.4 Å². The smallest absolute Gasteiger partial charge is 0.258 e. The molecule has 2 aliphatic heterocycles. The quantitative estimate of drug-likeness (QED) is 0.511. The van der Waals surface area contributed by atoms with Gasteiger partial charge in [-0.05, 0) is 55.0 Å². The van der Waals surface area contributed by atoms with E-state index >= 15 is 0 Å². The van der Waals surface area contributed by atoms with Crippen molar-refractivity contribution in [2.45, 2.75) is 13.0 Å². The van der Waals surface area contributed by atoms with Crippen LogP contribution in [0.1, 0.15) is 24.4 Å². The highest BCUT2D eigenvalue weighted by atomic mass is 35.5. The zero-order chi connectivity index (χ0) is 22.9. The van der Waals surface area contributed by atoms with E-state index in [1.54, 1.807) is 7.11 Å². The van der Waals surface area contributed by atoms with Crippen molar-refractivity contribution in [1.82, 2.24) is 20.4 Å². The molecular weight excluding hydrogens is 464 g/mol. The number of fused-ring (bicyclic) bond motifs is 1. The van der Waals surface area contributed by atoms with Gasteiger partial charge in [0.1, 0.15) is 0 Å². The number of rotatable bonds is 6. The summed E-state index contributed by atoms with van der Waals surface area (Å²) in [6.07, 6.45) is 0. The normalized spacial score (nSPS) is 17.5. The van der Waals surface area contributed by atoms with Crippen molar-refractivity contribution in [2.24, 2.45) is 0 Å². The third-order valence-corrected chi connectivity index (χ3v) is 6.16. The van der Waals surface area contributed by atoms with Crippen LogP contribution in [0.3, 0.4) is 0 Å². The molecule has 1 unspecified atom stereocenters. The molecule has 0 spiro atoms. The van der Waals surface area contributed by atoms with Crippen LogP contribution in [0, 0.1) is 0 Å². The molecule has 0 aliphatic carbocycles. The monoisotopic (exact) mass is 484 g/mol. The van der Waals surface area contributed by atoms with E-state index in [0.29, 0.717) is 46.5 Å². The molecule has 0 radical (unpaired) electrons. The standard InChI is InChI=1S/C23H21ClN4O4S/c1-13-19(22-26-21(27-32-22)15-6-7-17-18(11-15)31-12-30-17)20(14-4-3-5-16(24)10-14)25-23(33)28(13)8-9-29-2/h3-7,10-11,20H,8-9,12H2,1-2H3,(H,25,33). The third-order valence-electron chi connectivity index (χ3n) is 5.58. The number of aromatic nitrogens is 2. The highest BCUT2D eigenvalue weighted by molar-refractivity contribution is 7.80.